The minimum Gasteiger partial charge on any atom is -0.462 e. The molecule has 6 heteroatoms. The van der Waals surface area contributed by atoms with Gasteiger partial charge in [-0.3, -0.25) is 14.4 Å². The molecule has 0 aromatic heterocycles. The molecule has 378 valence electrons. The molecule has 0 spiro atoms. The molecule has 0 N–H and O–H groups in total. The van der Waals surface area contributed by atoms with E-state index in [1.165, 1.54) is 77.0 Å². The molecular weight excluding hydrogens is 829 g/mol. The maximum atomic E-state index is 12.8. The molecule has 6 nitrogen and oxygen atoms in total. The maximum Gasteiger partial charge on any atom is 0.306 e. The zero-order valence-electron chi connectivity index (χ0n) is 43.1. The smallest absolute Gasteiger partial charge is 0.306 e. The van der Waals surface area contributed by atoms with Crippen molar-refractivity contribution in [3.63, 3.8) is 0 Å². The largest absolute Gasteiger partial charge is 0.462 e. The lowest BCUT2D eigenvalue weighted by Gasteiger charge is -2.18. The van der Waals surface area contributed by atoms with Gasteiger partial charge in [-0.2, -0.15) is 0 Å². The van der Waals surface area contributed by atoms with Crippen molar-refractivity contribution in [2.24, 2.45) is 0 Å². The third-order valence-corrected chi connectivity index (χ3v) is 11.0. The van der Waals surface area contributed by atoms with E-state index < -0.39 is 6.10 Å². The first kappa shape index (κ1) is 62.8. The number of ether oxygens (including phenoxy) is 3. The molecule has 1 atom stereocenters. The fourth-order valence-electron chi connectivity index (χ4n) is 6.98. The number of allylic oxidation sites excluding steroid dienone is 20. The van der Waals surface area contributed by atoms with E-state index in [0.717, 1.165) is 96.3 Å². The fourth-order valence-corrected chi connectivity index (χ4v) is 6.98. The molecule has 0 aliphatic rings. The molecule has 0 bridgehead atoms. The lowest BCUT2D eigenvalue weighted by molar-refractivity contribution is -0.167. The Morgan fingerprint density at radius 3 is 0.910 bits per heavy atom. The van der Waals surface area contributed by atoms with Gasteiger partial charge in [-0.05, 0) is 96.3 Å². The molecular formula is C61H98O6. The average Bonchev–Trinajstić information content (AvgIpc) is 3.33. The van der Waals surface area contributed by atoms with Gasteiger partial charge < -0.3 is 14.2 Å². The quantitative estimate of drug-likeness (QED) is 0.0262. The normalized spacial score (nSPS) is 13.1. The lowest BCUT2D eigenvalue weighted by atomic mass is 10.0. The summed E-state index contributed by atoms with van der Waals surface area (Å²) in [7, 11) is 0. The molecule has 67 heavy (non-hydrogen) atoms. The van der Waals surface area contributed by atoms with Crippen LogP contribution in [0.2, 0.25) is 0 Å². The fraction of sp³-hybridized carbons (Fsp3) is 0.623. The van der Waals surface area contributed by atoms with Gasteiger partial charge in [0.2, 0.25) is 0 Å². The SMILES string of the molecule is CC/C=C\C/C=C\C/C=C\C/C=C\C/C=C\CCCC(=O)OC[C@H](COC(=O)CCCCCCCCCCCCCCCCC)OC(=O)CCC/C=C\C/C=C\C/C=C\C/C=C\C/C=C\CC. The van der Waals surface area contributed by atoms with E-state index in [1.807, 2.05) is 0 Å². The first-order chi connectivity index (χ1) is 33.0. The maximum absolute atomic E-state index is 12.8. The number of esters is 3. The number of carbonyl (C=O) groups excluding carboxylic acids is 3. The van der Waals surface area contributed by atoms with Crippen LogP contribution < -0.4 is 0 Å². The van der Waals surface area contributed by atoms with E-state index >= 15 is 0 Å². The topological polar surface area (TPSA) is 78.9 Å². The van der Waals surface area contributed by atoms with Gasteiger partial charge in [0, 0.05) is 19.3 Å². The van der Waals surface area contributed by atoms with Gasteiger partial charge in [-0.1, -0.05) is 232 Å². The van der Waals surface area contributed by atoms with Crippen LogP contribution in [0.3, 0.4) is 0 Å². The summed E-state index contributed by atoms with van der Waals surface area (Å²) in [6, 6.07) is 0. The number of hydrogen-bond acceptors (Lipinski definition) is 6. The monoisotopic (exact) mass is 927 g/mol. The number of carbonyl (C=O) groups is 3. The van der Waals surface area contributed by atoms with Crippen LogP contribution in [0.1, 0.15) is 226 Å². The highest BCUT2D eigenvalue weighted by Gasteiger charge is 2.19. The third kappa shape index (κ3) is 52.6. The van der Waals surface area contributed by atoms with Crippen molar-refractivity contribution in [3.8, 4) is 0 Å². The van der Waals surface area contributed by atoms with Gasteiger partial charge in [0.25, 0.3) is 0 Å². The minimum atomic E-state index is -0.832. The van der Waals surface area contributed by atoms with Gasteiger partial charge in [-0.15, -0.1) is 0 Å². The highest BCUT2D eigenvalue weighted by atomic mass is 16.6. The molecule has 0 saturated heterocycles. The van der Waals surface area contributed by atoms with Gasteiger partial charge in [-0.25, -0.2) is 0 Å². The van der Waals surface area contributed by atoms with Crippen molar-refractivity contribution in [2.75, 3.05) is 13.2 Å². The number of rotatable bonds is 47. The Labute approximate surface area is 412 Å². The molecule has 0 aliphatic carbocycles. The second-order valence-corrected chi connectivity index (χ2v) is 17.4. The summed E-state index contributed by atoms with van der Waals surface area (Å²) >= 11 is 0. The van der Waals surface area contributed by atoms with Crippen molar-refractivity contribution in [1.29, 1.82) is 0 Å². The van der Waals surface area contributed by atoms with Crippen molar-refractivity contribution >= 4 is 17.9 Å². The molecule has 0 aromatic rings. The summed E-state index contributed by atoms with van der Waals surface area (Å²) in [6.45, 7) is 6.31. The molecule has 0 aromatic carbocycles. The standard InChI is InChI=1S/C61H98O6/c1-4-7-10-13-16-19-22-25-28-30-33-36-39-42-45-48-51-54-60(63)66-57-58(56-65-59(62)53-50-47-44-41-38-35-32-27-24-21-18-15-12-9-6-3)67-61(64)55-52-49-46-43-40-37-34-31-29-26-23-20-17-14-11-8-5-2/h7-8,10-11,16-17,19-20,25-26,28-29,33-34,36-37,42-43,45-46,58H,4-6,9,12-15,18,21-24,27,30-32,35,38-41,44,47-57H2,1-3H3/b10-7-,11-8-,19-16-,20-17-,28-25-,29-26-,36-33-,37-34-,45-42-,46-43-/t58-/m0/s1. The van der Waals surface area contributed by atoms with Gasteiger partial charge >= 0.3 is 17.9 Å². The molecule has 0 unspecified atom stereocenters. The Kier molecular flexibility index (Phi) is 51.0. The molecule has 0 fully saturated rings. The van der Waals surface area contributed by atoms with Crippen LogP contribution in [0.15, 0.2) is 122 Å². The summed E-state index contributed by atoms with van der Waals surface area (Å²) in [5, 5.41) is 0. The van der Waals surface area contributed by atoms with Crippen LogP contribution in [-0.4, -0.2) is 37.2 Å². The minimum absolute atomic E-state index is 0.120. The second-order valence-electron chi connectivity index (χ2n) is 17.4. The van der Waals surface area contributed by atoms with Crippen LogP contribution in [0.5, 0.6) is 0 Å². The molecule has 0 aliphatic heterocycles. The van der Waals surface area contributed by atoms with E-state index in [2.05, 4.69) is 142 Å². The highest BCUT2D eigenvalue weighted by molar-refractivity contribution is 5.71. The average molecular weight is 927 g/mol. The summed E-state index contributed by atoms with van der Waals surface area (Å²) in [4.78, 5) is 38.0. The summed E-state index contributed by atoms with van der Waals surface area (Å²) in [5.41, 5.74) is 0. The molecule has 0 saturated carbocycles. The van der Waals surface area contributed by atoms with Gasteiger partial charge in [0.15, 0.2) is 6.10 Å². The summed E-state index contributed by atoms with van der Waals surface area (Å²) in [6.07, 6.45) is 74.8. The Bertz CT molecular complexity index is 1440. The van der Waals surface area contributed by atoms with Crippen LogP contribution in [0, 0.1) is 0 Å². The summed E-state index contributed by atoms with van der Waals surface area (Å²) in [5.74, 6) is -1.04. The van der Waals surface area contributed by atoms with Crippen LogP contribution >= 0.6 is 0 Å². The predicted octanol–water partition coefficient (Wildman–Crippen LogP) is 18.1. The molecule has 0 amide bonds. The van der Waals surface area contributed by atoms with Crippen LogP contribution in [0.25, 0.3) is 0 Å². The Morgan fingerprint density at radius 1 is 0.313 bits per heavy atom. The lowest BCUT2D eigenvalue weighted by Crippen LogP contribution is -2.30. The van der Waals surface area contributed by atoms with E-state index in [-0.39, 0.29) is 44.0 Å². The van der Waals surface area contributed by atoms with Crippen molar-refractivity contribution in [2.45, 2.75) is 232 Å². The van der Waals surface area contributed by atoms with Crippen LogP contribution in [-0.2, 0) is 28.6 Å². The summed E-state index contributed by atoms with van der Waals surface area (Å²) < 4.78 is 16.7. The van der Waals surface area contributed by atoms with Gasteiger partial charge in [0.05, 0.1) is 0 Å². The Morgan fingerprint density at radius 2 is 0.582 bits per heavy atom. The van der Waals surface area contributed by atoms with E-state index in [0.29, 0.717) is 19.3 Å². The van der Waals surface area contributed by atoms with E-state index in [4.69, 9.17) is 14.2 Å². The first-order valence-electron chi connectivity index (χ1n) is 27.0. The first-order valence-corrected chi connectivity index (χ1v) is 27.0. The van der Waals surface area contributed by atoms with Crippen molar-refractivity contribution in [3.05, 3.63) is 122 Å². The molecule has 0 heterocycles. The molecule has 0 radical (unpaired) electrons. The number of unbranched alkanes of at least 4 members (excludes halogenated alkanes) is 16. The zero-order chi connectivity index (χ0) is 48.6. The van der Waals surface area contributed by atoms with Crippen molar-refractivity contribution < 1.29 is 28.6 Å². The Balaban J connectivity index is 4.58. The Hall–Kier alpha value is -4.19. The zero-order valence-corrected chi connectivity index (χ0v) is 43.1. The van der Waals surface area contributed by atoms with E-state index in [1.54, 1.807) is 0 Å². The number of hydrogen-bond donors (Lipinski definition) is 0. The molecule has 0 rings (SSSR count). The second kappa shape index (κ2) is 54.4. The van der Waals surface area contributed by atoms with Crippen molar-refractivity contribution in [1.82, 2.24) is 0 Å². The van der Waals surface area contributed by atoms with E-state index in [9.17, 15) is 14.4 Å². The third-order valence-electron chi connectivity index (χ3n) is 11.0. The highest BCUT2D eigenvalue weighted by Crippen LogP contribution is 2.14. The predicted molar refractivity (Wildman–Crippen MR) is 288 cm³/mol. The van der Waals surface area contributed by atoms with Gasteiger partial charge in [0.1, 0.15) is 13.2 Å². The van der Waals surface area contributed by atoms with Crippen LogP contribution in [0.4, 0.5) is 0 Å².